The second-order valence-corrected chi connectivity index (χ2v) is 7.07. The lowest BCUT2D eigenvalue weighted by Crippen LogP contribution is -2.42. The van der Waals surface area contributed by atoms with Crippen LogP contribution >= 0.6 is 0 Å². The normalized spacial score (nSPS) is 17.8. The molecule has 1 aromatic heterocycles. The predicted molar refractivity (Wildman–Crippen MR) is 101 cm³/mol. The van der Waals surface area contributed by atoms with Gasteiger partial charge in [-0.1, -0.05) is 31.2 Å². The second-order valence-electron chi connectivity index (χ2n) is 7.07. The zero-order valence-electron chi connectivity index (χ0n) is 15.4. The van der Waals surface area contributed by atoms with Gasteiger partial charge in [0.15, 0.2) is 0 Å². The van der Waals surface area contributed by atoms with E-state index in [4.69, 9.17) is 0 Å². The van der Waals surface area contributed by atoms with Gasteiger partial charge >= 0.3 is 6.03 Å². The Balaban J connectivity index is 1.37. The first-order valence-electron chi connectivity index (χ1n) is 9.33. The average Bonchev–Trinajstić information content (AvgIpc) is 3.13. The van der Waals surface area contributed by atoms with Crippen LogP contribution in [0.3, 0.4) is 0 Å². The number of nitrogens with one attached hydrogen (secondary N) is 2. The summed E-state index contributed by atoms with van der Waals surface area (Å²) >= 11 is 0. The maximum absolute atomic E-state index is 12.0. The number of piperidine rings is 1. The van der Waals surface area contributed by atoms with Gasteiger partial charge < -0.3 is 15.5 Å². The molecule has 1 atom stereocenters. The molecule has 0 bridgehead atoms. The maximum atomic E-state index is 12.0. The molecule has 1 fully saturated rings. The largest absolute Gasteiger partial charge is 0.337 e. The number of hydrogen-bond donors (Lipinski definition) is 2. The number of nitrogens with zero attached hydrogens (tertiary/aromatic N) is 4. The molecule has 2 N–H and O–H groups in total. The minimum atomic E-state index is -0.114. The smallest absolute Gasteiger partial charge is 0.315 e. The third kappa shape index (κ3) is 5.84. The molecule has 0 saturated carbocycles. The fourth-order valence-electron chi connectivity index (χ4n) is 3.40. The summed E-state index contributed by atoms with van der Waals surface area (Å²) in [5.74, 6) is 0.766. The van der Waals surface area contributed by atoms with E-state index in [1.54, 1.807) is 11.0 Å². The highest BCUT2D eigenvalue weighted by Gasteiger charge is 2.15. The summed E-state index contributed by atoms with van der Waals surface area (Å²) in [6, 6.07) is 8.03. The first-order valence-corrected chi connectivity index (χ1v) is 9.33. The molecule has 1 aliphatic rings. The van der Waals surface area contributed by atoms with E-state index in [-0.39, 0.29) is 6.03 Å². The van der Waals surface area contributed by atoms with Crippen molar-refractivity contribution in [1.29, 1.82) is 0 Å². The van der Waals surface area contributed by atoms with Crippen LogP contribution in [-0.2, 0) is 13.1 Å². The topological polar surface area (TPSA) is 75.1 Å². The molecule has 140 valence electrons. The van der Waals surface area contributed by atoms with Crippen LogP contribution in [0.5, 0.6) is 0 Å². The van der Waals surface area contributed by atoms with Crippen molar-refractivity contribution in [3.63, 3.8) is 0 Å². The highest BCUT2D eigenvalue weighted by atomic mass is 16.2. The Morgan fingerprint density at radius 1 is 1.31 bits per heavy atom. The lowest BCUT2D eigenvalue weighted by atomic mass is 10.0. The molecule has 26 heavy (non-hydrogen) atoms. The first kappa shape index (κ1) is 18.4. The van der Waals surface area contributed by atoms with Crippen LogP contribution < -0.4 is 10.6 Å². The molecule has 2 aromatic rings. The van der Waals surface area contributed by atoms with Crippen molar-refractivity contribution in [3.05, 3.63) is 48.0 Å². The number of aromatic nitrogens is 3. The van der Waals surface area contributed by atoms with Gasteiger partial charge in [0.1, 0.15) is 12.7 Å². The first-order chi connectivity index (χ1) is 12.7. The molecule has 1 unspecified atom stereocenters. The van der Waals surface area contributed by atoms with Gasteiger partial charge in [-0.25, -0.2) is 14.5 Å². The Bertz CT molecular complexity index is 687. The van der Waals surface area contributed by atoms with E-state index in [2.05, 4.69) is 38.6 Å². The lowest BCUT2D eigenvalue weighted by Gasteiger charge is -2.30. The zero-order valence-corrected chi connectivity index (χ0v) is 15.4. The van der Waals surface area contributed by atoms with E-state index in [9.17, 15) is 4.79 Å². The van der Waals surface area contributed by atoms with Gasteiger partial charge in [0.2, 0.25) is 0 Å². The fraction of sp³-hybridized carbons (Fsp3) is 0.526. The summed E-state index contributed by atoms with van der Waals surface area (Å²) in [6.45, 7) is 7.37. The molecule has 1 aliphatic heterocycles. The molecule has 0 radical (unpaired) electrons. The van der Waals surface area contributed by atoms with E-state index in [0.717, 1.165) is 36.7 Å². The number of carbonyl (C=O) groups is 1. The highest BCUT2D eigenvalue weighted by Crippen LogP contribution is 2.14. The van der Waals surface area contributed by atoms with Gasteiger partial charge in [0.25, 0.3) is 0 Å². The Morgan fingerprint density at radius 3 is 3.00 bits per heavy atom. The molecule has 7 nitrogen and oxygen atoms in total. The maximum Gasteiger partial charge on any atom is 0.315 e. The van der Waals surface area contributed by atoms with Crippen LogP contribution in [0.2, 0.25) is 0 Å². The number of likely N-dealkylation sites (tertiary alicyclic amines) is 1. The third-order valence-corrected chi connectivity index (χ3v) is 4.71. The van der Waals surface area contributed by atoms with Crippen molar-refractivity contribution >= 4 is 6.03 Å². The molecule has 3 rings (SSSR count). The summed E-state index contributed by atoms with van der Waals surface area (Å²) in [7, 11) is 0. The van der Waals surface area contributed by atoms with Gasteiger partial charge in [-0.3, -0.25) is 0 Å². The van der Waals surface area contributed by atoms with Gasteiger partial charge in [0, 0.05) is 26.2 Å². The highest BCUT2D eigenvalue weighted by molar-refractivity contribution is 5.73. The molecule has 0 spiro atoms. The molecular weight excluding hydrogens is 328 g/mol. The van der Waals surface area contributed by atoms with Crippen molar-refractivity contribution in [2.45, 2.75) is 32.9 Å². The Labute approximate surface area is 154 Å². The van der Waals surface area contributed by atoms with Crippen molar-refractivity contribution in [1.82, 2.24) is 30.3 Å². The van der Waals surface area contributed by atoms with Crippen molar-refractivity contribution in [3.8, 4) is 0 Å². The van der Waals surface area contributed by atoms with Gasteiger partial charge in [-0.05, 0) is 36.4 Å². The van der Waals surface area contributed by atoms with Crippen LogP contribution in [0.1, 0.15) is 30.9 Å². The number of rotatable bonds is 7. The summed E-state index contributed by atoms with van der Waals surface area (Å²) < 4.78 is 1.78. The molecular formula is C19H28N6O. The SMILES string of the molecule is CC1CCCN(CCNC(=O)NCc2cccc(Cn3cncn3)c2)C1. The fourth-order valence-corrected chi connectivity index (χ4v) is 3.40. The van der Waals surface area contributed by atoms with Gasteiger partial charge in [-0.15, -0.1) is 0 Å². The number of amides is 2. The number of urea groups is 1. The summed E-state index contributed by atoms with van der Waals surface area (Å²) in [6.07, 6.45) is 5.81. The van der Waals surface area contributed by atoms with Gasteiger partial charge in [0.05, 0.1) is 6.54 Å². The van der Waals surface area contributed by atoms with E-state index in [1.165, 1.54) is 19.2 Å². The summed E-state index contributed by atoms with van der Waals surface area (Å²) in [5.41, 5.74) is 2.21. The van der Waals surface area contributed by atoms with Crippen LogP contribution in [0, 0.1) is 5.92 Å². The minimum Gasteiger partial charge on any atom is -0.337 e. The summed E-state index contributed by atoms with van der Waals surface area (Å²) in [5, 5.41) is 9.99. The standard InChI is InChI=1S/C19H28N6O/c1-16-4-3-8-24(12-16)9-7-21-19(26)22-11-17-5-2-6-18(10-17)13-25-15-20-14-23-25/h2,5-6,10,14-16H,3-4,7-9,11-13H2,1H3,(H2,21,22,26). The van der Waals surface area contributed by atoms with Crippen molar-refractivity contribution in [2.75, 3.05) is 26.2 Å². The Hall–Kier alpha value is -2.41. The second kappa shape index (κ2) is 9.33. The Kier molecular flexibility index (Phi) is 6.60. The number of carbonyl (C=O) groups excluding carboxylic acids is 1. The zero-order chi connectivity index (χ0) is 18.2. The van der Waals surface area contributed by atoms with E-state index in [0.29, 0.717) is 19.6 Å². The average molecular weight is 356 g/mol. The van der Waals surface area contributed by atoms with Crippen LogP contribution in [0.15, 0.2) is 36.9 Å². The van der Waals surface area contributed by atoms with E-state index >= 15 is 0 Å². The Morgan fingerprint density at radius 2 is 2.19 bits per heavy atom. The third-order valence-electron chi connectivity index (χ3n) is 4.71. The predicted octanol–water partition coefficient (Wildman–Crippen LogP) is 1.86. The molecule has 2 amide bonds. The molecule has 7 heteroatoms. The number of hydrogen-bond acceptors (Lipinski definition) is 4. The molecule has 1 aromatic carbocycles. The van der Waals surface area contributed by atoms with Crippen LogP contribution in [-0.4, -0.2) is 51.9 Å². The molecule has 1 saturated heterocycles. The van der Waals surface area contributed by atoms with Crippen LogP contribution in [0.4, 0.5) is 4.79 Å². The lowest BCUT2D eigenvalue weighted by molar-refractivity contribution is 0.184. The van der Waals surface area contributed by atoms with Crippen LogP contribution in [0.25, 0.3) is 0 Å². The quantitative estimate of drug-likeness (QED) is 0.794. The molecule has 2 heterocycles. The van der Waals surface area contributed by atoms with E-state index in [1.807, 2.05) is 18.2 Å². The number of benzene rings is 1. The van der Waals surface area contributed by atoms with Crippen molar-refractivity contribution < 1.29 is 4.79 Å². The summed E-state index contributed by atoms with van der Waals surface area (Å²) in [4.78, 5) is 18.4. The monoisotopic (exact) mass is 356 g/mol. The molecule has 0 aliphatic carbocycles. The van der Waals surface area contributed by atoms with Crippen molar-refractivity contribution in [2.24, 2.45) is 5.92 Å². The minimum absolute atomic E-state index is 0.114. The van der Waals surface area contributed by atoms with Gasteiger partial charge in [-0.2, -0.15) is 5.10 Å². The van der Waals surface area contributed by atoms with E-state index < -0.39 is 0 Å².